The summed E-state index contributed by atoms with van der Waals surface area (Å²) >= 11 is 0. The van der Waals surface area contributed by atoms with E-state index in [1.54, 1.807) is 0 Å². The van der Waals surface area contributed by atoms with Crippen LogP contribution in [0.5, 0.6) is 0 Å². The van der Waals surface area contributed by atoms with E-state index in [0.717, 1.165) is 5.56 Å². The van der Waals surface area contributed by atoms with Crippen molar-refractivity contribution in [2.75, 3.05) is 0 Å². The van der Waals surface area contributed by atoms with Crippen LogP contribution in [0, 0.1) is 0 Å². The molecule has 0 radical (unpaired) electrons. The largest absolute Gasteiger partial charge is 0.458 e. The van der Waals surface area contributed by atoms with Gasteiger partial charge in [0, 0.05) is 6.08 Å². The van der Waals surface area contributed by atoms with Crippen LogP contribution in [0.4, 0.5) is 0 Å². The molecule has 2 nitrogen and oxygen atoms in total. The number of esters is 1. The van der Waals surface area contributed by atoms with Gasteiger partial charge in [0.2, 0.25) is 0 Å². The highest BCUT2D eigenvalue weighted by atomic mass is 28.3. The first kappa shape index (κ1) is 11.7. The Morgan fingerprint density at radius 3 is 2.73 bits per heavy atom. The van der Waals surface area contributed by atoms with E-state index in [4.69, 9.17) is 4.74 Å². The fourth-order valence-electron chi connectivity index (χ4n) is 1.44. The predicted octanol–water partition coefficient (Wildman–Crippen LogP) is 1.61. The summed E-state index contributed by atoms with van der Waals surface area (Å²) in [5, 5.41) is 1.36. The van der Waals surface area contributed by atoms with Gasteiger partial charge in [-0.05, 0) is 5.56 Å². The molecule has 0 amide bonds. The third kappa shape index (κ3) is 3.36. The molecule has 0 fully saturated rings. The number of carbonyl (C=O) groups excluding carboxylic acids is 1. The number of hydrogen-bond acceptors (Lipinski definition) is 2. The average molecular weight is 220 g/mol. The highest BCUT2D eigenvalue weighted by Crippen LogP contribution is 2.01. The quantitative estimate of drug-likeness (QED) is 0.438. The van der Waals surface area contributed by atoms with Gasteiger partial charge in [0.05, 0.1) is 8.80 Å². The third-order valence-corrected chi connectivity index (χ3v) is 4.02. The second kappa shape index (κ2) is 5.51. The smallest absolute Gasteiger partial charge is 0.330 e. The van der Waals surface area contributed by atoms with Crippen molar-refractivity contribution in [3.8, 4) is 0 Å². The molecule has 0 aromatic heterocycles. The van der Waals surface area contributed by atoms with Gasteiger partial charge in [0.25, 0.3) is 0 Å². The van der Waals surface area contributed by atoms with Crippen LogP contribution in [0.3, 0.4) is 0 Å². The van der Waals surface area contributed by atoms with Crippen LogP contribution < -0.4 is 5.19 Å². The Morgan fingerprint density at radius 2 is 2.13 bits per heavy atom. The highest BCUT2D eigenvalue weighted by Gasteiger charge is 2.07. The van der Waals surface area contributed by atoms with Crippen LogP contribution in [0.15, 0.2) is 36.9 Å². The standard InChI is InChI=1S/C12H16O2Si/c1-4-12(13)14-9-10-7-5-6-8-11(10)15(2)3/h4-8,15H,1,9H2,2-3H3. The summed E-state index contributed by atoms with van der Waals surface area (Å²) in [6.45, 7) is 8.23. The van der Waals surface area contributed by atoms with Crippen LogP contribution in [0.25, 0.3) is 0 Å². The Morgan fingerprint density at radius 1 is 1.47 bits per heavy atom. The van der Waals surface area contributed by atoms with Crippen molar-refractivity contribution in [3.63, 3.8) is 0 Å². The van der Waals surface area contributed by atoms with Gasteiger partial charge in [0.15, 0.2) is 0 Å². The maximum atomic E-state index is 10.9. The lowest BCUT2D eigenvalue weighted by Crippen LogP contribution is -2.27. The molecular weight excluding hydrogens is 204 g/mol. The Labute approximate surface area is 92.2 Å². The van der Waals surface area contributed by atoms with E-state index >= 15 is 0 Å². The maximum absolute atomic E-state index is 10.9. The topological polar surface area (TPSA) is 26.3 Å². The van der Waals surface area contributed by atoms with Crippen molar-refractivity contribution in [3.05, 3.63) is 42.5 Å². The summed E-state index contributed by atoms with van der Waals surface area (Å²) in [7, 11) is -0.857. The van der Waals surface area contributed by atoms with E-state index in [-0.39, 0.29) is 5.97 Å². The molecule has 0 saturated carbocycles. The van der Waals surface area contributed by atoms with Crippen LogP contribution in [0.2, 0.25) is 13.1 Å². The summed E-state index contributed by atoms with van der Waals surface area (Å²) in [5.74, 6) is -0.366. The molecule has 1 aromatic carbocycles. The van der Waals surface area contributed by atoms with Crippen molar-refractivity contribution >= 4 is 20.0 Å². The maximum Gasteiger partial charge on any atom is 0.330 e. The average Bonchev–Trinajstić information content (AvgIpc) is 2.26. The molecule has 0 spiro atoms. The van der Waals surface area contributed by atoms with Crippen molar-refractivity contribution in [1.82, 2.24) is 0 Å². The molecule has 1 rings (SSSR count). The summed E-state index contributed by atoms with van der Waals surface area (Å²) in [5.41, 5.74) is 1.12. The van der Waals surface area contributed by atoms with Crippen molar-refractivity contribution in [2.24, 2.45) is 0 Å². The zero-order chi connectivity index (χ0) is 11.3. The number of carbonyl (C=O) groups is 1. The normalized spacial score (nSPS) is 10.1. The van der Waals surface area contributed by atoms with E-state index in [2.05, 4.69) is 25.7 Å². The van der Waals surface area contributed by atoms with Gasteiger partial charge in [-0.25, -0.2) is 4.79 Å². The lowest BCUT2D eigenvalue weighted by atomic mass is 10.2. The van der Waals surface area contributed by atoms with Gasteiger partial charge in [0.1, 0.15) is 6.61 Å². The van der Waals surface area contributed by atoms with Crippen LogP contribution in [0.1, 0.15) is 5.56 Å². The van der Waals surface area contributed by atoms with E-state index in [1.165, 1.54) is 11.3 Å². The van der Waals surface area contributed by atoms with E-state index in [1.807, 2.05) is 18.2 Å². The molecule has 0 bridgehead atoms. The minimum absolute atomic E-state index is 0.353. The first-order valence-corrected chi connectivity index (χ1v) is 7.90. The Hall–Kier alpha value is -1.35. The molecule has 15 heavy (non-hydrogen) atoms. The Bertz CT molecular complexity index is 358. The Kier molecular flexibility index (Phi) is 4.30. The molecule has 0 aliphatic carbocycles. The molecule has 0 aliphatic rings. The van der Waals surface area contributed by atoms with Crippen LogP contribution >= 0.6 is 0 Å². The second-order valence-electron chi connectivity index (χ2n) is 3.67. The summed E-state index contributed by atoms with van der Waals surface area (Å²) < 4.78 is 5.03. The molecule has 0 N–H and O–H groups in total. The minimum atomic E-state index is -0.857. The van der Waals surface area contributed by atoms with Crippen LogP contribution in [-0.4, -0.2) is 14.8 Å². The van der Waals surface area contributed by atoms with Gasteiger partial charge in [-0.15, -0.1) is 0 Å². The lowest BCUT2D eigenvalue weighted by Gasteiger charge is -2.11. The summed E-state index contributed by atoms with van der Waals surface area (Å²) in [4.78, 5) is 10.9. The van der Waals surface area contributed by atoms with Gasteiger partial charge < -0.3 is 4.74 Å². The fourth-order valence-corrected chi connectivity index (χ4v) is 2.85. The van der Waals surface area contributed by atoms with Gasteiger partial charge >= 0.3 is 5.97 Å². The van der Waals surface area contributed by atoms with Crippen molar-refractivity contribution in [1.29, 1.82) is 0 Å². The lowest BCUT2D eigenvalue weighted by molar-refractivity contribution is -0.138. The van der Waals surface area contributed by atoms with Crippen molar-refractivity contribution < 1.29 is 9.53 Å². The van der Waals surface area contributed by atoms with E-state index < -0.39 is 8.80 Å². The minimum Gasteiger partial charge on any atom is -0.458 e. The molecule has 0 aliphatic heterocycles. The molecule has 3 heteroatoms. The third-order valence-electron chi connectivity index (χ3n) is 2.21. The molecule has 0 saturated heterocycles. The molecule has 0 heterocycles. The monoisotopic (exact) mass is 220 g/mol. The molecule has 1 aromatic rings. The fraction of sp³-hybridized carbons (Fsp3) is 0.250. The number of rotatable bonds is 4. The summed E-state index contributed by atoms with van der Waals surface area (Å²) in [6, 6.07) is 8.13. The molecular formula is C12H16O2Si. The van der Waals surface area contributed by atoms with Crippen molar-refractivity contribution in [2.45, 2.75) is 19.7 Å². The summed E-state index contributed by atoms with van der Waals surface area (Å²) in [6.07, 6.45) is 1.19. The van der Waals surface area contributed by atoms with Gasteiger partial charge in [-0.3, -0.25) is 0 Å². The number of ether oxygens (including phenoxy) is 1. The Balaban J connectivity index is 2.75. The van der Waals surface area contributed by atoms with E-state index in [0.29, 0.717) is 6.61 Å². The highest BCUT2D eigenvalue weighted by molar-refractivity contribution is 6.71. The molecule has 0 unspecified atom stereocenters. The number of hydrogen-bond donors (Lipinski definition) is 0. The second-order valence-corrected chi connectivity index (χ2v) is 6.60. The zero-order valence-corrected chi connectivity index (χ0v) is 10.3. The SMILES string of the molecule is C=CC(=O)OCc1ccccc1[SiH](C)C. The first-order valence-electron chi connectivity index (χ1n) is 5.02. The van der Waals surface area contributed by atoms with Crippen LogP contribution in [-0.2, 0) is 16.1 Å². The predicted molar refractivity (Wildman–Crippen MR) is 64.9 cm³/mol. The van der Waals surface area contributed by atoms with Gasteiger partial charge in [-0.2, -0.15) is 0 Å². The number of benzene rings is 1. The molecule has 0 atom stereocenters. The first-order chi connectivity index (χ1) is 7.15. The zero-order valence-electron chi connectivity index (χ0n) is 9.19. The van der Waals surface area contributed by atoms with Gasteiger partial charge in [-0.1, -0.05) is 49.1 Å². The molecule has 80 valence electrons. The van der Waals surface area contributed by atoms with E-state index in [9.17, 15) is 4.79 Å².